The Kier molecular flexibility index (Phi) is 7.47. The highest BCUT2D eigenvalue weighted by atomic mass is 32.1. The van der Waals surface area contributed by atoms with Crippen LogP contribution in [-0.4, -0.2) is 9.38 Å². The molecule has 14 rings (SSSR count). The number of hydrogen-bond acceptors (Lipinski definition) is 3. The third-order valence-electron chi connectivity index (χ3n) is 13.2. The summed E-state index contributed by atoms with van der Waals surface area (Å²) in [6.07, 6.45) is 0. The number of benzene rings is 10. The maximum absolute atomic E-state index is 5.48. The fourth-order valence-corrected chi connectivity index (χ4v) is 12.6. The van der Waals surface area contributed by atoms with Gasteiger partial charge in [0.2, 0.25) is 0 Å². The van der Waals surface area contributed by atoms with Crippen LogP contribution in [-0.2, 0) is 0 Å². The van der Waals surface area contributed by atoms with Crippen LogP contribution in [0.2, 0.25) is 0 Å². The van der Waals surface area contributed by atoms with Crippen molar-refractivity contribution in [2.24, 2.45) is 0 Å². The van der Waals surface area contributed by atoms with Gasteiger partial charge in [0, 0.05) is 41.0 Å². The van der Waals surface area contributed by atoms with E-state index in [1.807, 2.05) is 22.7 Å². The number of fused-ring (bicyclic) bond motifs is 15. The summed E-state index contributed by atoms with van der Waals surface area (Å²) in [6, 6.07) is 76.1. The number of thiophene rings is 2. The van der Waals surface area contributed by atoms with Crippen molar-refractivity contribution in [2.75, 3.05) is 0 Å². The Morgan fingerprint density at radius 2 is 0.889 bits per heavy atom. The fourth-order valence-electron chi connectivity index (χ4n) is 10.1. The summed E-state index contributed by atoms with van der Waals surface area (Å²) in [5.74, 6) is 0. The van der Waals surface area contributed by atoms with Gasteiger partial charge in [0.15, 0.2) is 5.65 Å². The lowest BCUT2D eigenvalue weighted by molar-refractivity contribution is 1.25. The summed E-state index contributed by atoms with van der Waals surface area (Å²) >= 11 is 3.73. The van der Waals surface area contributed by atoms with Crippen molar-refractivity contribution < 1.29 is 0 Å². The van der Waals surface area contributed by atoms with E-state index in [1.54, 1.807) is 0 Å². The molecule has 4 heteroatoms. The van der Waals surface area contributed by atoms with Crippen LogP contribution in [0.25, 0.3) is 134 Å². The Morgan fingerprint density at radius 1 is 0.333 bits per heavy atom. The number of hydrogen-bond donors (Lipinski definition) is 0. The molecule has 4 aromatic heterocycles. The Hall–Kier alpha value is -7.63. The number of pyridine rings is 1. The number of nitrogens with zero attached hydrogens (tertiary/aromatic N) is 2. The van der Waals surface area contributed by atoms with Crippen molar-refractivity contribution >= 4 is 112 Å². The van der Waals surface area contributed by atoms with E-state index < -0.39 is 0 Å². The van der Waals surface area contributed by atoms with E-state index in [-0.39, 0.29) is 0 Å². The van der Waals surface area contributed by atoms with Gasteiger partial charge in [-0.25, -0.2) is 4.98 Å². The first-order chi connectivity index (χ1) is 31.2. The molecule has 0 unspecified atom stereocenters. The van der Waals surface area contributed by atoms with Crippen LogP contribution in [0, 0.1) is 0 Å². The van der Waals surface area contributed by atoms with E-state index in [2.05, 4.69) is 211 Å². The molecule has 0 amide bonds. The SMILES string of the molecule is c1ccc2c(c1)ccc1c2nc2c3sc4c5ccccc5ccc4c3cc(-c3ccc(-c4ccc(-c5ccc(-c6ccc7c(c6)sc6ccccc67)cc5)c5ccccc45)cc3)n12. The highest BCUT2D eigenvalue weighted by Crippen LogP contribution is 2.45. The third kappa shape index (κ3) is 5.26. The first kappa shape index (κ1) is 35.0. The van der Waals surface area contributed by atoms with Gasteiger partial charge in [-0.3, -0.25) is 4.40 Å². The van der Waals surface area contributed by atoms with Crippen LogP contribution < -0.4 is 0 Å². The Labute approximate surface area is 370 Å². The van der Waals surface area contributed by atoms with Gasteiger partial charge < -0.3 is 0 Å². The minimum absolute atomic E-state index is 1.01. The van der Waals surface area contributed by atoms with E-state index >= 15 is 0 Å². The number of imidazole rings is 1. The molecule has 292 valence electrons. The minimum Gasteiger partial charge on any atom is -0.291 e. The van der Waals surface area contributed by atoms with Gasteiger partial charge in [0.1, 0.15) is 0 Å². The maximum Gasteiger partial charge on any atom is 0.156 e. The fraction of sp³-hybridized carbons (Fsp3) is 0. The van der Waals surface area contributed by atoms with Crippen molar-refractivity contribution in [2.45, 2.75) is 0 Å². The lowest BCUT2D eigenvalue weighted by Gasteiger charge is -2.14. The van der Waals surface area contributed by atoms with Gasteiger partial charge in [-0.15, -0.1) is 22.7 Å². The van der Waals surface area contributed by atoms with Crippen molar-refractivity contribution in [3.8, 4) is 44.6 Å². The molecule has 0 aliphatic rings. The molecule has 4 heterocycles. The van der Waals surface area contributed by atoms with E-state index in [1.165, 1.54) is 106 Å². The Morgan fingerprint density at radius 3 is 1.63 bits per heavy atom. The molecule has 10 aromatic carbocycles. The molecule has 0 atom stereocenters. The first-order valence-corrected chi connectivity index (χ1v) is 23.1. The van der Waals surface area contributed by atoms with Gasteiger partial charge in [0.05, 0.1) is 21.4 Å². The molecule has 0 aliphatic heterocycles. The molecule has 0 bridgehead atoms. The van der Waals surface area contributed by atoms with Gasteiger partial charge in [-0.2, -0.15) is 0 Å². The molecule has 14 aromatic rings. The second-order valence-electron chi connectivity index (χ2n) is 16.6. The van der Waals surface area contributed by atoms with Gasteiger partial charge in [-0.05, 0) is 90.1 Å². The summed E-state index contributed by atoms with van der Waals surface area (Å²) in [5.41, 5.74) is 12.8. The number of aromatic nitrogens is 2. The van der Waals surface area contributed by atoms with Crippen LogP contribution in [0.3, 0.4) is 0 Å². The summed E-state index contributed by atoms with van der Waals surface area (Å²) in [6.45, 7) is 0. The molecule has 2 nitrogen and oxygen atoms in total. The monoisotopic (exact) mass is 834 g/mol. The molecule has 0 saturated heterocycles. The molecule has 0 fully saturated rings. The normalized spacial score (nSPS) is 12.1. The highest BCUT2D eigenvalue weighted by molar-refractivity contribution is 7.27. The van der Waals surface area contributed by atoms with Crippen LogP contribution in [0.4, 0.5) is 0 Å². The maximum atomic E-state index is 5.48. The van der Waals surface area contributed by atoms with Crippen molar-refractivity contribution in [3.63, 3.8) is 0 Å². The van der Waals surface area contributed by atoms with Gasteiger partial charge in [0.25, 0.3) is 0 Å². The van der Waals surface area contributed by atoms with Crippen LogP contribution in [0.15, 0.2) is 206 Å². The van der Waals surface area contributed by atoms with E-state index in [9.17, 15) is 0 Å². The number of rotatable bonds is 4. The lowest BCUT2D eigenvalue weighted by atomic mass is 9.91. The van der Waals surface area contributed by atoms with Crippen molar-refractivity contribution in [3.05, 3.63) is 206 Å². The third-order valence-corrected chi connectivity index (χ3v) is 15.6. The van der Waals surface area contributed by atoms with Crippen molar-refractivity contribution in [1.82, 2.24) is 9.38 Å². The molecular formula is C59H34N2S2. The summed E-state index contributed by atoms with van der Waals surface area (Å²) < 4.78 is 7.59. The minimum atomic E-state index is 1.01. The van der Waals surface area contributed by atoms with Crippen LogP contribution in [0.1, 0.15) is 0 Å². The molecular weight excluding hydrogens is 801 g/mol. The summed E-state index contributed by atoms with van der Waals surface area (Å²) in [5, 5.41) is 12.6. The average molecular weight is 835 g/mol. The molecule has 0 aliphatic carbocycles. The zero-order chi connectivity index (χ0) is 41.2. The molecule has 63 heavy (non-hydrogen) atoms. The molecule has 0 spiro atoms. The average Bonchev–Trinajstić information content (AvgIpc) is 4.05. The van der Waals surface area contributed by atoms with E-state index in [0.717, 1.165) is 27.9 Å². The van der Waals surface area contributed by atoms with Gasteiger partial charge in [-0.1, -0.05) is 182 Å². The molecule has 0 saturated carbocycles. The Balaban J connectivity index is 0.875. The smallest absolute Gasteiger partial charge is 0.156 e. The van der Waals surface area contributed by atoms with Crippen LogP contribution in [0.5, 0.6) is 0 Å². The van der Waals surface area contributed by atoms with Gasteiger partial charge >= 0.3 is 0 Å². The Bertz CT molecular complexity index is 4190. The lowest BCUT2D eigenvalue weighted by Crippen LogP contribution is -1.93. The van der Waals surface area contributed by atoms with E-state index in [4.69, 9.17) is 4.98 Å². The first-order valence-electron chi connectivity index (χ1n) is 21.4. The second kappa shape index (κ2) is 13.4. The second-order valence-corrected chi connectivity index (χ2v) is 18.7. The van der Waals surface area contributed by atoms with Crippen LogP contribution >= 0.6 is 22.7 Å². The highest BCUT2D eigenvalue weighted by Gasteiger charge is 2.20. The quantitative estimate of drug-likeness (QED) is 0.173. The molecule has 0 radical (unpaired) electrons. The predicted molar refractivity (Wildman–Crippen MR) is 273 cm³/mol. The zero-order valence-electron chi connectivity index (χ0n) is 33.8. The standard InChI is InChI=1S/C59H34N2S2/c1-3-11-44-36(9-1)27-32-52-56(44)60-59-58-51(50-29-25-37-10-2-4-12-45(37)57(50)63-58)34-53(61(52)59)40-23-21-39(22-24-40)43-31-30-42(46-13-5-6-14-47(43)46)38-19-17-35(18-20-38)41-26-28-49-48-15-7-8-16-54(48)62-55(49)33-41/h1-34H. The largest absolute Gasteiger partial charge is 0.291 e. The summed E-state index contributed by atoms with van der Waals surface area (Å²) in [4.78, 5) is 5.48. The zero-order valence-corrected chi connectivity index (χ0v) is 35.5. The predicted octanol–water partition coefficient (Wildman–Crippen LogP) is 17.4. The summed E-state index contributed by atoms with van der Waals surface area (Å²) in [7, 11) is 0. The van der Waals surface area contributed by atoms with E-state index in [0.29, 0.717) is 0 Å². The van der Waals surface area contributed by atoms with Crippen molar-refractivity contribution in [1.29, 1.82) is 0 Å². The topological polar surface area (TPSA) is 17.3 Å². The molecule has 0 N–H and O–H groups in total.